The molecule has 1 fully saturated rings. The van der Waals surface area contributed by atoms with Crippen molar-refractivity contribution in [3.8, 4) is 0 Å². The van der Waals surface area contributed by atoms with Crippen LogP contribution in [0.25, 0.3) is 0 Å². The Balaban J connectivity index is 3.18. The summed E-state index contributed by atoms with van der Waals surface area (Å²) in [5.74, 6) is -2.52. The first-order chi connectivity index (χ1) is 11.6. The number of hydrogen-bond acceptors (Lipinski definition) is 10. The number of rotatable bonds is 6. The molecule has 10 nitrogen and oxygen atoms in total. The summed E-state index contributed by atoms with van der Waals surface area (Å²) in [4.78, 5) is 45.4. The van der Waals surface area contributed by atoms with E-state index in [0.717, 1.165) is 0 Å². The van der Waals surface area contributed by atoms with Crippen LogP contribution in [0, 0.1) is 0 Å². The van der Waals surface area contributed by atoms with Gasteiger partial charge in [0.15, 0.2) is 18.3 Å². The summed E-state index contributed by atoms with van der Waals surface area (Å²) in [5, 5.41) is 2.78. The van der Waals surface area contributed by atoms with Gasteiger partial charge in [0.25, 0.3) is 0 Å². The smallest absolute Gasteiger partial charge is 0.303 e. The molecule has 1 rings (SSSR count). The van der Waals surface area contributed by atoms with Crippen LogP contribution in [-0.2, 0) is 42.9 Å². The Morgan fingerprint density at radius 2 is 1.28 bits per heavy atom. The fourth-order valence-electron chi connectivity index (χ4n) is 2.46. The van der Waals surface area contributed by atoms with Crippen LogP contribution in [0.5, 0.6) is 0 Å². The van der Waals surface area contributed by atoms with Gasteiger partial charge < -0.3 is 23.7 Å². The zero-order chi connectivity index (χ0) is 19.1. The molecule has 0 aromatic rings. The summed E-state index contributed by atoms with van der Waals surface area (Å²) < 4.78 is 26.2. The van der Waals surface area contributed by atoms with Crippen molar-refractivity contribution >= 4 is 23.9 Å². The first-order valence-electron chi connectivity index (χ1n) is 7.63. The topological polar surface area (TPSA) is 126 Å². The van der Waals surface area contributed by atoms with E-state index in [-0.39, 0.29) is 6.61 Å². The Hall–Kier alpha value is -2.20. The molecule has 0 bridgehead atoms. The molecule has 0 amide bonds. The molecule has 1 N–H and O–H groups in total. The molecule has 25 heavy (non-hydrogen) atoms. The quantitative estimate of drug-likeness (QED) is 0.479. The Bertz CT molecular complexity index is 521. The largest absolute Gasteiger partial charge is 0.463 e. The van der Waals surface area contributed by atoms with Crippen molar-refractivity contribution in [3.63, 3.8) is 0 Å². The zero-order valence-corrected chi connectivity index (χ0v) is 14.8. The van der Waals surface area contributed by atoms with Crippen LogP contribution in [-0.4, -0.2) is 68.2 Å². The van der Waals surface area contributed by atoms with E-state index in [1.54, 1.807) is 7.05 Å². The van der Waals surface area contributed by atoms with Crippen molar-refractivity contribution in [2.24, 2.45) is 0 Å². The summed E-state index contributed by atoms with van der Waals surface area (Å²) in [5.41, 5.74) is 0. The number of hydrogen-bond donors (Lipinski definition) is 1. The van der Waals surface area contributed by atoms with Crippen LogP contribution < -0.4 is 5.32 Å². The standard InChI is InChI=1S/C15H23NO9/c1-7(17)21-6-11-12(22-8(2)18)13(23-9(3)19)14(24-10(4)20)15(16-5)25-11/h11-16H,6H2,1-5H3/t11?,12-,13?,14?,15-/m1/s1. The van der Waals surface area contributed by atoms with Crippen LogP contribution >= 0.6 is 0 Å². The zero-order valence-electron chi connectivity index (χ0n) is 14.8. The fraction of sp³-hybridized carbons (Fsp3) is 0.733. The van der Waals surface area contributed by atoms with Crippen LogP contribution in [0.3, 0.4) is 0 Å². The van der Waals surface area contributed by atoms with Crippen molar-refractivity contribution < 1.29 is 42.9 Å². The van der Waals surface area contributed by atoms with E-state index in [0.29, 0.717) is 0 Å². The molecule has 1 heterocycles. The minimum atomic E-state index is -1.14. The van der Waals surface area contributed by atoms with E-state index in [2.05, 4.69) is 5.32 Å². The molecule has 0 aromatic carbocycles. The maximum absolute atomic E-state index is 11.5. The first-order valence-corrected chi connectivity index (χ1v) is 7.63. The molecule has 0 saturated carbocycles. The number of ether oxygens (including phenoxy) is 5. The number of carbonyl (C=O) groups is 4. The average Bonchev–Trinajstić information content (AvgIpc) is 2.48. The SMILES string of the molecule is CN[C@@H]1OC(COC(C)=O)[C@@H](OC(C)=O)C(OC(C)=O)C1OC(C)=O. The molecular formula is C15H23NO9. The van der Waals surface area contributed by atoms with Gasteiger partial charge in [0.2, 0.25) is 0 Å². The van der Waals surface area contributed by atoms with Gasteiger partial charge in [-0.3, -0.25) is 24.5 Å². The summed E-state index contributed by atoms with van der Waals surface area (Å²) >= 11 is 0. The second-order valence-electron chi connectivity index (χ2n) is 5.41. The first kappa shape index (κ1) is 20.8. The Kier molecular flexibility index (Phi) is 7.78. The highest BCUT2D eigenvalue weighted by Crippen LogP contribution is 2.28. The fourth-order valence-corrected chi connectivity index (χ4v) is 2.46. The van der Waals surface area contributed by atoms with Gasteiger partial charge >= 0.3 is 23.9 Å². The summed E-state index contributed by atoms with van der Waals surface area (Å²) in [6.07, 6.45) is -5.14. The van der Waals surface area contributed by atoms with Crippen molar-refractivity contribution in [1.82, 2.24) is 5.32 Å². The molecule has 1 aliphatic heterocycles. The van der Waals surface area contributed by atoms with Crippen molar-refractivity contribution in [1.29, 1.82) is 0 Å². The van der Waals surface area contributed by atoms with Gasteiger partial charge in [-0.1, -0.05) is 0 Å². The molecule has 0 spiro atoms. The van der Waals surface area contributed by atoms with E-state index in [1.165, 1.54) is 27.7 Å². The molecule has 142 valence electrons. The van der Waals surface area contributed by atoms with E-state index in [1.807, 2.05) is 0 Å². The van der Waals surface area contributed by atoms with Gasteiger partial charge in [0.1, 0.15) is 18.9 Å². The molecule has 0 aliphatic carbocycles. The van der Waals surface area contributed by atoms with Crippen molar-refractivity contribution in [2.75, 3.05) is 13.7 Å². The lowest BCUT2D eigenvalue weighted by molar-refractivity contribution is -0.256. The summed E-state index contributed by atoms with van der Waals surface area (Å²) in [6, 6.07) is 0. The van der Waals surface area contributed by atoms with E-state index < -0.39 is 54.5 Å². The third-order valence-corrected chi connectivity index (χ3v) is 3.28. The maximum atomic E-state index is 11.5. The number of nitrogens with one attached hydrogen (secondary N) is 1. The lowest BCUT2D eigenvalue weighted by atomic mass is 9.97. The van der Waals surface area contributed by atoms with Crippen molar-refractivity contribution in [2.45, 2.75) is 58.3 Å². The second-order valence-corrected chi connectivity index (χ2v) is 5.41. The van der Waals surface area contributed by atoms with Crippen LogP contribution in [0.2, 0.25) is 0 Å². The Labute approximate surface area is 145 Å². The molecule has 0 aromatic heterocycles. The highest BCUT2D eigenvalue weighted by Gasteiger charge is 2.51. The average molecular weight is 361 g/mol. The molecule has 1 saturated heterocycles. The molecule has 5 atom stereocenters. The predicted molar refractivity (Wildman–Crippen MR) is 81.0 cm³/mol. The van der Waals surface area contributed by atoms with Gasteiger partial charge in [0, 0.05) is 27.7 Å². The third-order valence-electron chi connectivity index (χ3n) is 3.28. The minimum absolute atomic E-state index is 0.240. The molecule has 3 unspecified atom stereocenters. The third kappa shape index (κ3) is 6.31. The lowest BCUT2D eigenvalue weighted by Gasteiger charge is -2.44. The van der Waals surface area contributed by atoms with E-state index in [9.17, 15) is 19.2 Å². The van der Waals surface area contributed by atoms with Gasteiger partial charge in [-0.15, -0.1) is 0 Å². The van der Waals surface area contributed by atoms with Gasteiger partial charge in [-0.05, 0) is 7.05 Å². The number of carbonyl (C=O) groups excluding carboxylic acids is 4. The Morgan fingerprint density at radius 1 is 0.800 bits per heavy atom. The summed E-state index contributed by atoms with van der Waals surface area (Å²) in [6.45, 7) is 4.49. The molecule has 1 aliphatic rings. The molecular weight excluding hydrogens is 338 g/mol. The van der Waals surface area contributed by atoms with Crippen LogP contribution in [0.1, 0.15) is 27.7 Å². The monoisotopic (exact) mass is 361 g/mol. The number of esters is 4. The molecule has 0 radical (unpaired) electrons. The number of likely N-dealkylation sites (N-methyl/N-ethyl adjacent to an activating group) is 1. The summed E-state index contributed by atoms with van der Waals surface area (Å²) in [7, 11) is 1.54. The maximum Gasteiger partial charge on any atom is 0.303 e. The normalized spacial score (nSPS) is 28.6. The minimum Gasteiger partial charge on any atom is -0.463 e. The lowest BCUT2D eigenvalue weighted by Crippen LogP contribution is -2.65. The van der Waals surface area contributed by atoms with Gasteiger partial charge in [-0.25, -0.2) is 0 Å². The Morgan fingerprint density at radius 3 is 1.72 bits per heavy atom. The van der Waals surface area contributed by atoms with Crippen LogP contribution in [0.15, 0.2) is 0 Å². The van der Waals surface area contributed by atoms with Crippen molar-refractivity contribution in [3.05, 3.63) is 0 Å². The highest BCUT2D eigenvalue weighted by molar-refractivity contribution is 5.68. The highest BCUT2D eigenvalue weighted by atomic mass is 16.7. The van der Waals surface area contributed by atoms with E-state index in [4.69, 9.17) is 23.7 Å². The second kappa shape index (κ2) is 9.33. The predicted octanol–water partition coefficient (Wildman–Crippen LogP) is -0.711. The van der Waals surface area contributed by atoms with E-state index >= 15 is 0 Å². The van der Waals surface area contributed by atoms with Crippen LogP contribution in [0.4, 0.5) is 0 Å². The molecule has 10 heteroatoms. The van der Waals surface area contributed by atoms with Gasteiger partial charge in [-0.2, -0.15) is 0 Å². The van der Waals surface area contributed by atoms with Gasteiger partial charge in [0.05, 0.1) is 0 Å².